The van der Waals surface area contributed by atoms with Crippen molar-refractivity contribution in [2.24, 2.45) is 0 Å². The molecule has 4 aromatic rings. The molecule has 1 heterocycles. The number of rotatable bonds is 4. The molecule has 30 heavy (non-hydrogen) atoms. The van der Waals surface area contributed by atoms with Gasteiger partial charge in [0.2, 0.25) is 0 Å². The summed E-state index contributed by atoms with van der Waals surface area (Å²) in [6.07, 6.45) is -4.58. The van der Waals surface area contributed by atoms with Crippen LogP contribution >= 0.6 is 0 Å². The van der Waals surface area contributed by atoms with E-state index in [2.05, 4.69) is 10.3 Å². The molecular weight excluding hydrogens is 385 g/mol. The maximum Gasteiger partial charge on any atom is 0.420 e. The minimum Gasteiger partial charge on any atom is -0.355 e. The number of anilines is 2. The number of nitrogens with one attached hydrogen (secondary N) is 1. The SMILES string of the molecule is Cc1ccc(-c2nc(-c3ccccc3)cc(Nc3ccccc3)c2C(F)(F)F)cc1. The minimum absolute atomic E-state index is 0.0295. The number of benzene rings is 3. The molecule has 4 rings (SSSR count). The highest BCUT2D eigenvalue weighted by molar-refractivity contribution is 5.79. The highest BCUT2D eigenvalue weighted by Gasteiger charge is 2.38. The van der Waals surface area contributed by atoms with Gasteiger partial charge in [-0.15, -0.1) is 0 Å². The highest BCUT2D eigenvalue weighted by Crippen LogP contribution is 2.43. The lowest BCUT2D eigenvalue weighted by Crippen LogP contribution is -2.13. The van der Waals surface area contributed by atoms with Gasteiger partial charge in [0.1, 0.15) is 5.56 Å². The van der Waals surface area contributed by atoms with Crippen LogP contribution in [-0.2, 0) is 6.18 Å². The Bertz CT molecular complexity index is 1140. The second kappa shape index (κ2) is 8.03. The van der Waals surface area contributed by atoms with Crippen LogP contribution in [-0.4, -0.2) is 4.98 Å². The van der Waals surface area contributed by atoms with E-state index in [-0.39, 0.29) is 11.4 Å². The Balaban J connectivity index is 1.98. The molecule has 0 aliphatic heterocycles. The van der Waals surface area contributed by atoms with E-state index in [1.807, 2.05) is 43.3 Å². The molecule has 0 saturated carbocycles. The molecule has 0 unspecified atom stereocenters. The average Bonchev–Trinajstić information content (AvgIpc) is 2.74. The number of halogens is 3. The third-order valence-electron chi connectivity index (χ3n) is 4.75. The summed E-state index contributed by atoms with van der Waals surface area (Å²) < 4.78 is 42.7. The Labute approximate surface area is 173 Å². The van der Waals surface area contributed by atoms with Crippen molar-refractivity contribution in [3.05, 3.63) is 102 Å². The average molecular weight is 404 g/mol. The van der Waals surface area contributed by atoms with Gasteiger partial charge in [0, 0.05) is 16.8 Å². The number of pyridine rings is 1. The molecule has 0 fully saturated rings. The zero-order valence-electron chi connectivity index (χ0n) is 16.2. The predicted molar refractivity (Wildman–Crippen MR) is 115 cm³/mol. The molecule has 3 aromatic carbocycles. The Morgan fingerprint density at radius 1 is 0.733 bits per heavy atom. The normalized spacial score (nSPS) is 11.3. The lowest BCUT2D eigenvalue weighted by atomic mass is 10.00. The summed E-state index contributed by atoms with van der Waals surface area (Å²) in [6.45, 7) is 1.89. The summed E-state index contributed by atoms with van der Waals surface area (Å²) in [5.74, 6) is 0. The molecule has 1 aromatic heterocycles. The first-order valence-electron chi connectivity index (χ1n) is 9.48. The van der Waals surface area contributed by atoms with Crippen LogP contribution in [0.1, 0.15) is 11.1 Å². The van der Waals surface area contributed by atoms with Crippen LogP contribution in [0.4, 0.5) is 24.5 Å². The number of hydrogen-bond donors (Lipinski definition) is 1. The van der Waals surface area contributed by atoms with Gasteiger partial charge in [0.25, 0.3) is 0 Å². The van der Waals surface area contributed by atoms with E-state index in [1.165, 1.54) is 6.07 Å². The fourth-order valence-corrected chi connectivity index (χ4v) is 3.28. The van der Waals surface area contributed by atoms with Crippen molar-refractivity contribution in [2.75, 3.05) is 5.32 Å². The standard InChI is InChI=1S/C25H19F3N2/c1-17-12-14-19(15-13-17)24-23(25(26,27)28)22(29-20-10-6-3-7-11-20)16-21(30-24)18-8-4-2-5-9-18/h2-16H,1H3,(H,29,30). The van der Waals surface area contributed by atoms with Gasteiger partial charge in [-0.05, 0) is 25.1 Å². The Hall–Kier alpha value is -3.60. The summed E-state index contributed by atoms with van der Waals surface area (Å²) in [4.78, 5) is 4.45. The van der Waals surface area contributed by atoms with Crippen molar-refractivity contribution in [3.8, 4) is 22.5 Å². The molecule has 0 aliphatic rings. The second-order valence-corrected chi connectivity index (χ2v) is 7.00. The molecule has 0 saturated heterocycles. The first-order valence-corrected chi connectivity index (χ1v) is 9.48. The van der Waals surface area contributed by atoms with Gasteiger partial charge in [0.15, 0.2) is 0 Å². The molecule has 0 atom stereocenters. The summed E-state index contributed by atoms with van der Waals surface area (Å²) in [5, 5.41) is 2.95. The van der Waals surface area contributed by atoms with Crippen LogP contribution in [0, 0.1) is 6.92 Å². The van der Waals surface area contributed by atoms with Crippen molar-refractivity contribution >= 4 is 11.4 Å². The summed E-state index contributed by atoms with van der Waals surface area (Å²) in [5.41, 5.74) is 2.27. The molecule has 2 nitrogen and oxygen atoms in total. The molecule has 0 amide bonds. The van der Waals surface area contributed by atoms with E-state index in [0.29, 0.717) is 16.9 Å². The molecule has 0 radical (unpaired) electrons. The summed E-state index contributed by atoms with van der Waals surface area (Å²) in [6, 6.07) is 26.4. The molecule has 0 aliphatic carbocycles. The van der Waals surface area contributed by atoms with Gasteiger partial charge < -0.3 is 5.32 Å². The van der Waals surface area contributed by atoms with Crippen LogP contribution < -0.4 is 5.32 Å². The topological polar surface area (TPSA) is 24.9 Å². The lowest BCUT2D eigenvalue weighted by molar-refractivity contribution is -0.136. The van der Waals surface area contributed by atoms with E-state index in [0.717, 1.165) is 11.1 Å². The molecular formula is C25H19F3N2. The maximum atomic E-state index is 14.2. The van der Waals surface area contributed by atoms with Crippen molar-refractivity contribution in [1.29, 1.82) is 0 Å². The maximum absolute atomic E-state index is 14.2. The molecule has 0 spiro atoms. The van der Waals surface area contributed by atoms with Gasteiger partial charge in [-0.25, -0.2) is 4.98 Å². The van der Waals surface area contributed by atoms with Crippen LogP contribution in [0.15, 0.2) is 91.0 Å². The Morgan fingerprint density at radius 3 is 1.93 bits per heavy atom. The van der Waals surface area contributed by atoms with Crippen molar-refractivity contribution < 1.29 is 13.2 Å². The van der Waals surface area contributed by atoms with Crippen molar-refractivity contribution in [2.45, 2.75) is 13.1 Å². The van der Waals surface area contributed by atoms with Crippen LogP contribution in [0.25, 0.3) is 22.5 Å². The number of nitrogens with zero attached hydrogens (tertiary/aromatic N) is 1. The van der Waals surface area contributed by atoms with Crippen LogP contribution in [0.3, 0.4) is 0 Å². The molecule has 5 heteroatoms. The third kappa shape index (κ3) is 4.20. The highest BCUT2D eigenvalue weighted by atomic mass is 19.4. The Kier molecular flexibility index (Phi) is 5.27. The van der Waals surface area contributed by atoms with E-state index >= 15 is 0 Å². The number of aromatic nitrogens is 1. The predicted octanol–water partition coefficient (Wildman–Crippen LogP) is 7.49. The zero-order chi connectivity index (χ0) is 21.1. The van der Waals surface area contributed by atoms with Gasteiger partial charge in [-0.2, -0.15) is 13.2 Å². The first kappa shape index (κ1) is 19.7. The largest absolute Gasteiger partial charge is 0.420 e. The van der Waals surface area contributed by atoms with Gasteiger partial charge in [0.05, 0.1) is 17.1 Å². The van der Waals surface area contributed by atoms with E-state index in [9.17, 15) is 13.2 Å². The fourth-order valence-electron chi connectivity index (χ4n) is 3.28. The van der Waals surface area contributed by atoms with Gasteiger partial charge in [-0.3, -0.25) is 0 Å². The Morgan fingerprint density at radius 2 is 1.33 bits per heavy atom. The molecule has 150 valence electrons. The zero-order valence-corrected chi connectivity index (χ0v) is 16.2. The monoisotopic (exact) mass is 404 g/mol. The first-order chi connectivity index (χ1) is 14.4. The van der Waals surface area contributed by atoms with E-state index in [4.69, 9.17) is 0 Å². The van der Waals surface area contributed by atoms with Gasteiger partial charge >= 0.3 is 6.18 Å². The van der Waals surface area contributed by atoms with Crippen molar-refractivity contribution in [3.63, 3.8) is 0 Å². The number of para-hydroxylation sites is 1. The van der Waals surface area contributed by atoms with E-state index in [1.54, 1.807) is 48.5 Å². The van der Waals surface area contributed by atoms with Crippen LogP contribution in [0.5, 0.6) is 0 Å². The molecule has 0 bridgehead atoms. The van der Waals surface area contributed by atoms with E-state index < -0.39 is 11.7 Å². The molecule has 1 N–H and O–H groups in total. The van der Waals surface area contributed by atoms with Crippen molar-refractivity contribution in [1.82, 2.24) is 4.98 Å². The fraction of sp³-hybridized carbons (Fsp3) is 0.0800. The van der Waals surface area contributed by atoms with Gasteiger partial charge in [-0.1, -0.05) is 78.4 Å². The number of hydrogen-bond acceptors (Lipinski definition) is 2. The summed E-state index contributed by atoms with van der Waals surface area (Å²) >= 11 is 0. The van der Waals surface area contributed by atoms with Crippen LogP contribution in [0.2, 0.25) is 0 Å². The second-order valence-electron chi connectivity index (χ2n) is 7.00. The number of alkyl halides is 3. The number of aryl methyl sites for hydroxylation is 1. The third-order valence-corrected chi connectivity index (χ3v) is 4.75. The minimum atomic E-state index is -4.58. The summed E-state index contributed by atoms with van der Waals surface area (Å²) in [7, 11) is 0. The smallest absolute Gasteiger partial charge is 0.355 e. The lowest BCUT2D eigenvalue weighted by Gasteiger charge is -2.20. The quantitative estimate of drug-likeness (QED) is 0.381.